The zero-order valence-electron chi connectivity index (χ0n) is 23.4. The highest BCUT2D eigenvalue weighted by atomic mass is 32.2. The van der Waals surface area contributed by atoms with Gasteiger partial charge in [-0.15, -0.1) is 12.6 Å². The van der Waals surface area contributed by atoms with Crippen molar-refractivity contribution in [2.45, 2.75) is 64.1 Å². The van der Waals surface area contributed by atoms with Crippen LogP contribution in [0.5, 0.6) is 0 Å². The van der Waals surface area contributed by atoms with Gasteiger partial charge in [0.05, 0.1) is 23.7 Å². The smallest absolute Gasteiger partial charge is 0.251 e. The molecule has 0 aliphatic heterocycles. The van der Waals surface area contributed by atoms with Gasteiger partial charge in [0.1, 0.15) is 5.60 Å². The minimum atomic E-state index is -1.48. The standard InChI is InChI=1S/C31H39N3O4S2/c1-29-15-19-17-33-34(21-6-4-5-18(13-21)27(36)32-11-12-40-3)24(19)14-20(29)7-8-22-23-9-10-31(38,28(37)39)30(23,2)16-25(35)26(22)29/h4-6,13-14,17,22-23,25-26,35,38H,7-12,15-16H2,1-3H3,(H,32,36)(H,37,39)/t22-,23?,25-,26?,29-,30-,31-/m0/s1. The highest BCUT2D eigenvalue weighted by molar-refractivity contribution is 7.98. The average Bonchev–Trinajstić information content (AvgIpc) is 3.44. The Balaban J connectivity index is 1.30. The van der Waals surface area contributed by atoms with Crippen molar-refractivity contribution in [3.8, 4) is 5.69 Å². The second-order valence-corrected chi connectivity index (χ2v) is 14.1. The van der Waals surface area contributed by atoms with E-state index in [0.29, 0.717) is 24.9 Å². The van der Waals surface area contributed by atoms with Crippen LogP contribution in [0.2, 0.25) is 0 Å². The number of allylic oxidation sites excluding steroid dienone is 1. The number of carbonyl (C=O) groups excluding carboxylic acids is 2. The largest absolute Gasteiger partial charge is 0.393 e. The molecule has 2 unspecified atom stereocenters. The topological polar surface area (TPSA) is 104 Å². The van der Waals surface area contributed by atoms with Crippen LogP contribution in [0.4, 0.5) is 0 Å². The molecule has 6 rings (SSSR count). The van der Waals surface area contributed by atoms with E-state index in [9.17, 15) is 19.8 Å². The minimum absolute atomic E-state index is 0.0488. The van der Waals surface area contributed by atoms with E-state index in [4.69, 9.17) is 5.10 Å². The van der Waals surface area contributed by atoms with Crippen LogP contribution in [0.15, 0.2) is 36.0 Å². The summed E-state index contributed by atoms with van der Waals surface area (Å²) in [6.07, 6.45) is 9.81. The second kappa shape index (κ2) is 10.0. The third-order valence-electron chi connectivity index (χ3n) is 10.9. The van der Waals surface area contributed by atoms with Gasteiger partial charge in [0.2, 0.25) is 5.12 Å². The van der Waals surface area contributed by atoms with Crippen molar-refractivity contribution in [2.24, 2.45) is 28.6 Å². The van der Waals surface area contributed by atoms with Gasteiger partial charge in [-0.3, -0.25) is 9.59 Å². The van der Waals surface area contributed by atoms with Gasteiger partial charge in [-0.05, 0) is 97.8 Å². The molecule has 0 spiro atoms. The van der Waals surface area contributed by atoms with Crippen LogP contribution in [-0.2, 0) is 11.2 Å². The fraction of sp³-hybridized carbons (Fsp3) is 0.581. The molecule has 0 radical (unpaired) electrons. The number of nitrogens with zero attached hydrogens (tertiary/aromatic N) is 2. The molecular weight excluding hydrogens is 542 g/mol. The molecule has 0 bridgehead atoms. The van der Waals surface area contributed by atoms with Crippen molar-refractivity contribution < 1.29 is 19.8 Å². The predicted octanol–water partition coefficient (Wildman–Crippen LogP) is 4.31. The van der Waals surface area contributed by atoms with Gasteiger partial charge in [-0.1, -0.05) is 25.5 Å². The van der Waals surface area contributed by atoms with E-state index in [-0.39, 0.29) is 29.1 Å². The van der Waals surface area contributed by atoms with Crippen LogP contribution >= 0.6 is 24.4 Å². The molecule has 1 heterocycles. The number of aliphatic hydroxyl groups is 2. The number of thiol groups is 1. The first-order valence-corrected chi connectivity index (χ1v) is 16.2. The van der Waals surface area contributed by atoms with Gasteiger partial charge in [0.25, 0.3) is 5.91 Å². The number of fused-ring (bicyclic) bond motifs is 6. The fourth-order valence-corrected chi connectivity index (χ4v) is 9.57. The Morgan fingerprint density at radius 1 is 1.27 bits per heavy atom. The lowest BCUT2D eigenvalue weighted by atomic mass is 9.45. The quantitative estimate of drug-likeness (QED) is 0.300. The first kappa shape index (κ1) is 28.1. The van der Waals surface area contributed by atoms with Crippen molar-refractivity contribution in [2.75, 3.05) is 18.6 Å². The summed E-state index contributed by atoms with van der Waals surface area (Å²) in [5.41, 5.74) is 2.59. The van der Waals surface area contributed by atoms with Crippen LogP contribution in [0.1, 0.15) is 67.6 Å². The number of thioether (sulfide) groups is 1. The lowest BCUT2D eigenvalue weighted by molar-refractivity contribution is -0.173. The fourth-order valence-electron chi connectivity index (χ4n) is 8.89. The van der Waals surface area contributed by atoms with Crippen LogP contribution in [-0.4, -0.2) is 61.3 Å². The Kier molecular flexibility index (Phi) is 7.04. The predicted molar refractivity (Wildman–Crippen MR) is 161 cm³/mol. The summed E-state index contributed by atoms with van der Waals surface area (Å²) in [5.74, 6) is 1.24. The van der Waals surface area contributed by atoms with Crippen LogP contribution < -0.4 is 5.32 Å². The third-order valence-corrected chi connectivity index (χ3v) is 11.9. The maximum atomic E-state index is 12.7. The Bertz CT molecular complexity index is 1390. The summed E-state index contributed by atoms with van der Waals surface area (Å²) in [4.78, 5) is 25.1. The number of hydrogen-bond acceptors (Lipinski definition) is 6. The highest BCUT2D eigenvalue weighted by Gasteiger charge is 2.68. The van der Waals surface area contributed by atoms with Gasteiger partial charge in [0.15, 0.2) is 0 Å². The monoisotopic (exact) mass is 581 g/mol. The number of benzene rings is 1. The van der Waals surface area contributed by atoms with Crippen LogP contribution in [0, 0.1) is 28.6 Å². The van der Waals surface area contributed by atoms with Crippen molar-refractivity contribution >= 4 is 41.5 Å². The average molecular weight is 582 g/mol. The Morgan fingerprint density at radius 2 is 2.08 bits per heavy atom. The summed E-state index contributed by atoms with van der Waals surface area (Å²) in [6, 6.07) is 7.59. The molecule has 1 amide bonds. The van der Waals surface area contributed by atoms with E-state index in [1.165, 1.54) is 5.57 Å². The molecule has 0 saturated heterocycles. The number of rotatable bonds is 6. The van der Waals surface area contributed by atoms with Gasteiger partial charge in [-0.25, -0.2) is 4.68 Å². The molecule has 9 heteroatoms. The second-order valence-electron chi connectivity index (χ2n) is 12.8. The Morgan fingerprint density at radius 3 is 2.83 bits per heavy atom. The minimum Gasteiger partial charge on any atom is -0.393 e. The summed E-state index contributed by atoms with van der Waals surface area (Å²) >= 11 is 5.77. The Hall–Kier alpha value is -2.07. The van der Waals surface area contributed by atoms with Crippen molar-refractivity contribution in [1.29, 1.82) is 0 Å². The highest BCUT2D eigenvalue weighted by Crippen LogP contribution is 2.67. The first-order chi connectivity index (χ1) is 19.0. The summed E-state index contributed by atoms with van der Waals surface area (Å²) in [7, 11) is 0. The normalized spacial score (nSPS) is 36.1. The number of amides is 1. The molecule has 2 aromatic rings. The van der Waals surface area contributed by atoms with Gasteiger partial charge in [0, 0.05) is 23.3 Å². The zero-order valence-corrected chi connectivity index (χ0v) is 25.1. The molecule has 1 aromatic carbocycles. The molecule has 1 aromatic heterocycles. The molecular formula is C31H39N3O4S2. The molecule has 7 atom stereocenters. The first-order valence-electron chi connectivity index (χ1n) is 14.3. The van der Waals surface area contributed by atoms with E-state index in [2.05, 4.69) is 30.9 Å². The van der Waals surface area contributed by atoms with Gasteiger partial charge in [-0.2, -0.15) is 16.9 Å². The molecule has 7 nitrogen and oxygen atoms in total. The number of aliphatic hydroxyl groups excluding tert-OH is 1. The summed E-state index contributed by atoms with van der Waals surface area (Å²) in [5, 5.41) is 30.3. The number of hydrogen-bond donors (Lipinski definition) is 4. The van der Waals surface area contributed by atoms with Crippen LogP contribution in [0.3, 0.4) is 0 Å². The van der Waals surface area contributed by atoms with E-state index in [1.54, 1.807) is 11.8 Å². The number of carbonyl (C=O) groups is 2. The number of aromatic nitrogens is 2. The van der Waals surface area contributed by atoms with Gasteiger partial charge < -0.3 is 15.5 Å². The molecule has 4 aliphatic carbocycles. The van der Waals surface area contributed by atoms with Crippen LogP contribution in [0.25, 0.3) is 11.8 Å². The van der Waals surface area contributed by atoms with Crippen molar-refractivity contribution in [1.82, 2.24) is 15.1 Å². The van der Waals surface area contributed by atoms with E-state index >= 15 is 0 Å². The van der Waals surface area contributed by atoms with Crippen molar-refractivity contribution in [3.05, 3.63) is 52.9 Å². The molecule has 4 aliphatic rings. The molecule has 3 saturated carbocycles. The zero-order chi connectivity index (χ0) is 28.4. The van der Waals surface area contributed by atoms with E-state index in [1.807, 2.05) is 48.3 Å². The lowest BCUT2D eigenvalue weighted by Crippen LogP contribution is -2.61. The summed E-state index contributed by atoms with van der Waals surface area (Å²) < 4.78 is 1.93. The maximum absolute atomic E-state index is 12.7. The maximum Gasteiger partial charge on any atom is 0.251 e. The SMILES string of the molecule is CSCCNC(=O)c1cccc(-n2ncc3c2C=C2CC[C@@H]4C([C@@H](O)C[C@@]5(C)C4CC[C@]5(O)C(=O)S)[C@@]2(C)C3)c1. The van der Waals surface area contributed by atoms with Gasteiger partial charge >= 0.3 is 0 Å². The van der Waals surface area contributed by atoms with E-state index in [0.717, 1.165) is 48.4 Å². The lowest BCUT2D eigenvalue weighted by Gasteiger charge is -2.60. The molecule has 40 heavy (non-hydrogen) atoms. The van der Waals surface area contributed by atoms with Crippen molar-refractivity contribution in [3.63, 3.8) is 0 Å². The molecule has 3 fully saturated rings. The third kappa shape index (κ3) is 4.06. The Labute approximate surface area is 245 Å². The molecule has 3 N–H and O–H groups in total. The summed E-state index contributed by atoms with van der Waals surface area (Å²) in [6.45, 7) is 4.91. The molecule has 214 valence electrons. The number of nitrogens with one attached hydrogen (secondary N) is 1. The van der Waals surface area contributed by atoms with E-state index < -0.39 is 22.2 Å².